The van der Waals surface area contributed by atoms with Crippen LogP contribution in [0.4, 0.5) is 13.2 Å². The highest BCUT2D eigenvalue weighted by Gasteiger charge is 2.37. The zero-order chi connectivity index (χ0) is 19.8. The standard InChI is InChI=1S/C17H17BrF3N3O3/c1-27-14(25)5-10-3-2-9-4-13(18)15-11(6-22-23-15)12(9)7-24(16(10)26)8-17(19,20)21/h4,6,10H,2-3,5,7-8H2,1H3,(H,22,23)/t10-/m0/s1. The number of aromatic nitrogens is 2. The maximum Gasteiger partial charge on any atom is 0.406 e. The molecule has 1 amide bonds. The molecule has 1 aromatic heterocycles. The van der Waals surface area contributed by atoms with Gasteiger partial charge in [0, 0.05) is 22.3 Å². The molecule has 0 fully saturated rings. The summed E-state index contributed by atoms with van der Waals surface area (Å²) in [5, 5.41) is 7.45. The molecule has 1 aliphatic heterocycles. The van der Waals surface area contributed by atoms with E-state index >= 15 is 0 Å². The second-order valence-electron chi connectivity index (χ2n) is 6.48. The van der Waals surface area contributed by atoms with Gasteiger partial charge >= 0.3 is 12.1 Å². The van der Waals surface area contributed by atoms with Crippen LogP contribution in [0.2, 0.25) is 0 Å². The molecule has 27 heavy (non-hydrogen) atoms. The summed E-state index contributed by atoms with van der Waals surface area (Å²) in [6.07, 6.45) is -2.53. The Labute approximate surface area is 161 Å². The number of amides is 1. The number of aromatic amines is 1. The van der Waals surface area contributed by atoms with Crippen molar-refractivity contribution in [2.45, 2.75) is 32.0 Å². The molecule has 1 aliphatic rings. The number of carbonyl (C=O) groups is 2. The predicted molar refractivity (Wildman–Crippen MR) is 93.7 cm³/mol. The number of nitrogens with one attached hydrogen (secondary N) is 1. The highest BCUT2D eigenvalue weighted by molar-refractivity contribution is 9.10. The first-order valence-electron chi connectivity index (χ1n) is 8.25. The third kappa shape index (κ3) is 4.26. The van der Waals surface area contributed by atoms with Crippen LogP contribution in [0.3, 0.4) is 0 Å². The Balaban J connectivity index is 2.04. The van der Waals surface area contributed by atoms with E-state index in [1.54, 1.807) is 6.20 Å². The minimum absolute atomic E-state index is 0.200. The van der Waals surface area contributed by atoms with E-state index in [1.165, 1.54) is 7.11 Å². The number of benzene rings is 1. The molecule has 10 heteroatoms. The Morgan fingerprint density at radius 1 is 1.48 bits per heavy atom. The highest BCUT2D eigenvalue weighted by atomic mass is 79.9. The van der Waals surface area contributed by atoms with E-state index in [2.05, 4.69) is 30.9 Å². The third-order valence-corrected chi connectivity index (χ3v) is 5.30. The van der Waals surface area contributed by atoms with E-state index in [0.717, 1.165) is 14.9 Å². The zero-order valence-corrected chi connectivity index (χ0v) is 16.0. The number of aryl methyl sites for hydroxylation is 1. The SMILES string of the molecule is COC(=O)C[C@@H]1CCc2cc(Br)c3[nH]ncc3c2CN(CC(F)(F)F)C1=O. The van der Waals surface area contributed by atoms with Gasteiger partial charge in [0.25, 0.3) is 0 Å². The van der Waals surface area contributed by atoms with Crippen molar-refractivity contribution in [3.63, 3.8) is 0 Å². The number of esters is 1. The highest BCUT2D eigenvalue weighted by Crippen LogP contribution is 2.34. The number of fused-ring (bicyclic) bond motifs is 3. The number of alkyl halides is 3. The fourth-order valence-corrected chi connectivity index (χ4v) is 3.97. The Bertz CT molecular complexity index is 881. The quantitative estimate of drug-likeness (QED) is 0.732. The lowest BCUT2D eigenvalue weighted by atomic mass is 9.89. The number of hydrogen-bond acceptors (Lipinski definition) is 4. The van der Waals surface area contributed by atoms with Gasteiger partial charge in [0.1, 0.15) is 6.54 Å². The molecule has 0 saturated carbocycles. The lowest BCUT2D eigenvalue weighted by Crippen LogP contribution is -2.43. The monoisotopic (exact) mass is 447 g/mol. The van der Waals surface area contributed by atoms with Crippen LogP contribution in [0.25, 0.3) is 10.9 Å². The molecule has 1 aromatic carbocycles. The number of carbonyl (C=O) groups excluding carboxylic acids is 2. The second-order valence-corrected chi connectivity index (χ2v) is 7.33. The largest absolute Gasteiger partial charge is 0.469 e. The van der Waals surface area contributed by atoms with Crippen molar-refractivity contribution in [1.82, 2.24) is 15.1 Å². The van der Waals surface area contributed by atoms with E-state index < -0.39 is 30.5 Å². The van der Waals surface area contributed by atoms with Gasteiger partial charge in [-0.25, -0.2) is 0 Å². The fourth-order valence-electron chi connectivity index (χ4n) is 3.40. The summed E-state index contributed by atoms with van der Waals surface area (Å²) in [5.41, 5.74) is 2.13. The molecular formula is C17H17BrF3N3O3. The molecule has 2 aromatic rings. The fraction of sp³-hybridized carbons (Fsp3) is 0.471. The van der Waals surface area contributed by atoms with Crippen LogP contribution in [0.5, 0.6) is 0 Å². The number of nitrogens with zero attached hydrogens (tertiary/aromatic N) is 2. The van der Waals surface area contributed by atoms with Crippen molar-refractivity contribution < 1.29 is 27.5 Å². The molecule has 6 nitrogen and oxygen atoms in total. The topological polar surface area (TPSA) is 75.3 Å². The summed E-state index contributed by atoms with van der Waals surface area (Å²) in [4.78, 5) is 25.2. The average molecular weight is 448 g/mol. The molecule has 3 rings (SSSR count). The van der Waals surface area contributed by atoms with Gasteiger partial charge in [-0.05, 0) is 46.0 Å². The Hall–Kier alpha value is -2.10. The van der Waals surface area contributed by atoms with Crippen LogP contribution in [0, 0.1) is 5.92 Å². The zero-order valence-electron chi connectivity index (χ0n) is 14.4. The molecule has 146 valence electrons. The van der Waals surface area contributed by atoms with Crippen molar-refractivity contribution in [2.24, 2.45) is 5.92 Å². The minimum atomic E-state index is -4.55. The smallest absolute Gasteiger partial charge is 0.406 e. The summed E-state index contributed by atoms with van der Waals surface area (Å²) in [5.74, 6) is -2.16. The molecule has 1 N–H and O–H groups in total. The summed E-state index contributed by atoms with van der Waals surface area (Å²) in [6, 6.07) is 1.83. The van der Waals surface area contributed by atoms with E-state index in [4.69, 9.17) is 0 Å². The number of H-pyrrole nitrogens is 1. The van der Waals surface area contributed by atoms with Crippen LogP contribution in [0.15, 0.2) is 16.7 Å². The summed E-state index contributed by atoms with van der Waals surface area (Å²) < 4.78 is 44.6. The molecule has 2 heterocycles. The van der Waals surface area contributed by atoms with Crippen molar-refractivity contribution in [3.05, 3.63) is 27.9 Å². The van der Waals surface area contributed by atoms with Gasteiger partial charge in [-0.1, -0.05) is 0 Å². The van der Waals surface area contributed by atoms with E-state index in [9.17, 15) is 22.8 Å². The van der Waals surface area contributed by atoms with Gasteiger partial charge in [0.2, 0.25) is 5.91 Å². The first-order chi connectivity index (χ1) is 12.7. The first kappa shape index (κ1) is 19.7. The number of rotatable bonds is 3. The van der Waals surface area contributed by atoms with Gasteiger partial charge in [0.05, 0.1) is 25.2 Å². The average Bonchev–Trinajstić information content (AvgIpc) is 3.08. The normalized spacial score (nSPS) is 18.2. The molecule has 0 spiro atoms. The van der Waals surface area contributed by atoms with E-state index in [0.29, 0.717) is 22.9 Å². The Morgan fingerprint density at radius 3 is 2.89 bits per heavy atom. The summed E-state index contributed by atoms with van der Waals surface area (Å²) >= 11 is 3.44. The lowest BCUT2D eigenvalue weighted by molar-refractivity contribution is -0.166. The van der Waals surface area contributed by atoms with Crippen molar-refractivity contribution >= 4 is 38.7 Å². The molecule has 0 radical (unpaired) electrons. The van der Waals surface area contributed by atoms with Crippen molar-refractivity contribution in [2.75, 3.05) is 13.7 Å². The van der Waals surface area contributed by atoms with E-state index in [-0.39, 0.29) is 19.4 Å². The van der Waals surface area contributed by atoms with Crippen molar-refractivity contribution in [3.8, 4) is 0 Å². The number of methoxy groups -OCH3 is 1. The van der Waals surface area contributed by atoms with Crippen LogP contribution in [-0.2, 0) is 27.3 Å². The van der Waals surface area contributed by atoms with Gasteiger partial charge in [-0.3, -0.25) is 14.7 Å². The van der Waals surface area contributed by atoms with Crippen LogP contribution < -0.4 is 0 Å². The van der Waals surface area contributed by atoms with Crippen LogP contribution in [0.1, 0.15) is 24.0 Å². The molecule has 1 atom stereocenters. The third-order valence-electron chi connectivity index (χ3n) is 4.67. The van der Waals surface area contributed by atoms with Gasteiger partial charge in [0.15, 0.2) is 0 Å². The molecule has 0 unspecified atom stereocenters. The number of hydrogen-bond donors (Lipinski definition) is 1. The minimum Gasteiger partial charge on any atom is -0.469 e. The van der Waals surface area contributed by atoms with Crippen molar-refractivity contribution in [1.29, 1.82) is 0 Å². The second kappa shape index (κ2) is 7.49. The number of halogens is 4. The van der Waals surface area contributed by atoms with Gasteiger partial charge in [-0.15, -0.1) is 0 Å². The Kier molecular flexibility index (Phi) is 5.45. The lowest BCUT2D eigenvalue weighted by Gasteiger charge is -2.31. The number of ether oxygens (including phenoxy) is 1. The maximum atomic E-state index is 13.1. The molecular weight excluding hydrogens is 431 g/mol. The molecule has 0 aliphatic carbocycles. The summed E-state index contributed by atoms with van der Waals surface area (Å²) in [7, 11) is 1.19. The van der Waals surface area contributed by atoms with Gasteiger partial charge in [-0.2, -0.15) is 18.3 Å². The van der Waals surface area contributed by atoms with Crippen LogP contribution >= 0.6 is 15.9 Å². The predicted octanol–water partition coefficient (Wildman–Crippen LogP) is 3.34. The summed E-state index contributed by atoms with van der Waals surface area (Å²) in [6.45, 7) is -1.58. The van der Waals surface area contributed by atoms with Gasteiger partial charge < -0.3 is 9.64 Å². The Morgan fingerprint density at radius 2 is 2.22 bits per heavy atom. The first-order valence-corrected chi connectivity index (χ1v) is 9.04. The van der Waals surface area contributed by atoms with Crippen LogP contribution in [-0.4, -0.2) is 46.8 Å². The maximum absolute atomic E-state index is 13.1. The molecule has 0 saturated heterocycles. The molecule has 0 bridgehead atoms. The van der Waals surface area contributed by atoms with E-state index in [1.807, 2.05) is 6.07 Å².